The van der Waals surface area contributed by atoms with Crippen LogP contribution in [0.4, 0.5) is 10.5 Å². The van der Waals surface area contributed by atoms with E-state index in [1.54, 1.807) is 6.07 Å². The molecule has 3 aromatic carbocycles. The fraction of sp³-hybridized carbons (Fsp3) is 0.429. The van der Waals surface area contributed by atoms with Gasteiger partial charge in [0.25, 0.3) is 0 Å². The van der Waals surface area contributed by atoms with Gasteiger partial charge in [-0.05, 0) is 68.6 Å². The number of unbranched alkanes of at least 4 members (excludes halogenated alkanes) is 6. The average molecular weight is 606 g/mol. The number of likely N-dealkylation sites (tertiary alicyclic amines) is 1. The quantitative estimate of drug-likeness (QED) is 0.113. The average Bonchev–Trinajstić information content (AvgIpc) is 3.02. The van der Waals surface area contributed by atoms with Crippen LogP contribution in [0, 0.1) is 0 Å². The third kappa shape index (κ3) is 11.0. The smallest absolute Gasteiger partial charge is 0.411 e. The molecule has 1 saturated heterocycles. The lowest BCUT2D eigenvalue weighted by molar-refractivity contribution is 0.0584. The number of amides is 1. The summed E-state index contributed by atoms with van der Waals surface area (Å²) in [5.74, 6) is -0.181. The molecule has 4 rings (SSSR count). The van der Waals surface area contributed by atoms with E-state index in [-0.39, 0.29) is 35.8 Å². The highest BCUT2D eigenvalue weighted by Gasteiger charge is 2.22. The van der Waals surface area contributed by atoms with Crippen molar-refractivity contribution in [2.75, 3.05) is 38.0 Å². The molecule has 0 saturated carbocycles. The van der Waals surface area contributed by atoms with Gasteiger partial charge >= 0.3 is 6.09 Å². The Morgan fingerprint density at radius 3 is 2.30 bits per heavy atom. The molecule has 0 unspecified atom stereocenters. The van der Waals surface area contributed by atoms with E-state index >= 15 is 0 Å². The van der Waals surface area contributed by atoms with E-state index in [1.165, 1.54) is 44.2 Å². The molecule has 43 heavy (non-hydrogen) atoms. The first kappa shape index (κ1) is 32.5. The van der Waals surface area contributed by atoms with Crippen molar-refractivity contribution < 1.29 is 19.4 Å². The predicted molar refractivity (Wildman–Crippen MR) is 174 cm³/mol. The Balaban J connectivity index is 0.993. The molecule has 0 spiro atoms. The number of carbonyl (C=O) groups excluding carboxylic acids is 2. The molecular formula is C35H44ClN3O4. The lowest BCUT2D eigenvalue weighted by Gasteiger charge is -2.31. The van der Waals surface area contributed by atoms with Gasteiger partial charge in [0.2, 0.25) is 0 Å². The molecule has 0 aromatic heterocycles. The first-order valence-corrected chi connectivity index (χ1v) is 15.9. The molecule has 1 amide bonds. The maximum absolute atomic E-state index is 12.6. The van der Waals surface area contributed by atoms with Gasteiger partial charge in [-0.3, -0.25) is 10.1 Å². The molecule has 1 aliphatic heterocycles. The van der Waals surface area contributed by atoms with Gasteiger partial charge in [0.05, 0.1) is 17.8 Å². The summed E-state index contributed by atoms with van der Waals surface area (Å²) in [4.78, 5) is 27.4. The van der Waals surface area contributed by atoms with E-state index in [0.717, 1.165) is 68.7 Å². The number of hydrogen-bond donors (Lipinski definition) is 3. The minimum Gasteiger partial charge on any atom is -0.507 e. The van der Waals surface area contributed by atoms with Crippen LogP contribution in [0.1, 0.15) is 68.1 Å². The zero-order valence-electron chi connectivity index (χ0n) is 24.9. The van der Waals surface area contributed by atoms with Crippen molar-refractivity contribution in [3.63, 3.8) is 0 Å². The van der Waals surface area contributed by atoms with Crippen LogP contribution in [0.5, 0.6) is 5.75 Å². The van der Waals surface area contributed by atoms with Crippen molar-refractivity contribution in [2.24, 2.45) is 0 Å². The van der Waals surface area contributed by atoms with Gasteiger partial charge in [-0.1, -0.05) is 92.2 Å². The Morgan fingerprint density at radius 2 is 1.53 bits per heavy atom. The predicted octanol–water partition coefficient (Wildman–Crippen LogP) is 7.93. The summed E-state index contributed by atoms with van der Waals surface area (Å²) in [5.41, 5.74) is 3.06. The summed E-state index contributed by atoms with van der Waals surface area (Å²) >= 11 is 5.92. The third-order valence-electron chi connectivity index (χ3n) is 7.93. The molecule has 7 nitrogen and oxygen atoms in total. The first-order valence-electron chi connectivity index (χ1n) is 15.6. The van der Waals surface area contributed by atoms with E-state index in [1.807, 2.05) is 54.6 Å². The van der Waals surface area contributed by atoms with Crippen LogP contribution >= 0.6 is 11.6 Å². The number of halogens is 1. The van der Waals surface area contributed by atoms with E-state index < -0.39 is 0 Å². The highest BCUT2D eigenvalue weighted by Crippen LogP contribution is 2.28. The molecule has 230 valence electrons. The van der Waals surface area contributed by atoms with Crippen molar-refractivity contribution in [3.05, 3.63) is 83.4 Å². The second-order valence-corrected chi connectivity index (χ2v) is 11.7. The SMILES string of the molecule is O=C(Nc1ccccc1-c1ccccc1)OC1CCN(CCCCCCCCCNCC(=O)c2cc(Cl)ccc2O)CC1. The summed E-state index contributed by atoms with van der Waals surface area (Å²) in [7, 11) is 0. The van der Waals surface area contributed by atoms with Gasteiger partial charge in [-0.15, -0.1) is 0 Å². The highest BCUT2D eigenvalue weighted by molar-refractivity contribution is 6.31. The van der Waals surface area contributed by atoms with Gasteiger partial charge in [0.1, 0.15) is 11.9 Å². The number of aromatic hydroxyl groups is 1. The molecule has 3 aromatic rings. The standard InChI is InChI=1S/C35H44ClN3O4/c36-28-17-18-33(40)31(25-28)34(41)26-37-21-11-4-2-1-3-5-12-22-39-23-19-29(20-24-39)43-35(42)38-32-16-10-9-15-30(32)27-13-7-6-8-14-27/h6-10,13-18,25,29,37,40H,1-5,11-12,19-24,26H2,(H,38,42). The Hall–Kier alpha value is -3.39. The van der Waals surface area contributed by atoms with Gasteiger partial charge in [-0.25, -0.2) is 4.79 Å². The Morgan fingerprint density at radius 1 is 0.860 bits per heavy atom. The topological polar surface area (TPSA) is 90.9 Å². The van der Waals surface area contributed by atoms with Crippen molar-refractivity contribution in [3.8, 4) is 16.9 Å². The number of rotatable bonds is 16. The van der Waals surface area contributed by atoms with Gasteiger partial charge < -0.3 is 20.1 Å². The molecule has 0 atom stereocenters. The van der Waals surface area contributed by atoms with E-state index in [2.05, 4.69) is 15.5 Å². The number of benzene rings is 3. The minimum absolute atomic E-state index is 0.0313. The fourth-order valence-electron chi connectivity index (χ4n) is 5.50. The molecule has 3 N–H and O–H groups in total. The van der Waals surface area contributed by atoms with Crippen LogP contribution in [-0.2, 0) is 4.74 Å². The maximum atomic E-state index is 12.6. The van der Waals surface area contributed by atoms with E-state index in [4.69, 9.17) is 16.3 Å². The maximum Gasteiger partial charge on any atom is 0.411 e. The lowest BCUT2D eigenvalue weighted by atomic mass is 10.0. The van der Waals surface area contributed by atoms with Crippen LogP contribution in [0.25, 0.3) is 11.1 Å². The molecule has 1 heterocycles. The van der Waals surface area contributed by atoms with Crippen molar-refractivity contribution in [2.45, 2.75) is 63.9 Å². The summed E-state index contributed by atoms with van der Waals surface area (Å²) in [5, 5.41) is 16.4. The number of piperidine rings is 1. The van der Waals surface area contributed by atoms with Crippen LogP contribution in [-0.4, -0.2) is 60.7 Å². The number of Topliss-reactive ketones (excluding diaryl/α,β-unsaturated/α-hetero) is 1. The minimum atomic E-state index is -0.385. The Labute approximate surface area is 260 Å². The number of nitrogens with one attached hydrogen (secondary N) is 2. The van der Waals surface area contributed by atoms with Crippen LogP contribution < -0.4 is 10.6 Å². The lowest BCUT2D eigenvalue weighted by Crippen LogP contribution is -2.38. The number of para-hydroxylation sites is 1. The van der Waals surface area contributed by atoms with Gasteiger partial charge in [-0.2, -0.15) is 0 Å². The van der Waals surface area contributed by atoms with Crippen molar-refractivity contribution >= 4 is 29.2 Å². The Kier molecular flexibility index (Phi) is 13.4. The number of phenols is 1. The highest BCUT2D eigenvalue weighted by atomic mass is 35.5. The zero-order chi connectivity index (χ0) is 30.3. The van der Waals surface area contributed by atoms with Gasteiger partial charge in [0.15, 0.2) is 5.78 Å². The van der Waals surface area contributed by atoms with Crippen LogP contribution in [0.15, 0.2) is 72.8 Å². The first-order chi connectivity index (χ1) is 21.0. The second kappa shape index (κ2) is 17.7. The van der Waals surface area contributed by atoms with Crippen molar-refractivity contribution in [1.82, 2.24) is 10.2 Å². The molecule has 1 fully saturated rings. The molecular weight excluding hydrogens is 562 g/mol. The summed E-state index contributed by atoms with van der Waals surface area (Å²) in [6.07, 6.45) is 9.58. The summed E-state index contributed by atoms with van der Waals surface area (Å²) < 4.78 is 5.77. The number of ketones is 1. The number of carbonyl (C=O) groups is 2. The molecule has 0 bridgehead atoms. The molecule has 1 aliphatic rings. The monoisotopic (exact) mass is 605 g/mol. The second-order valence-electron chi connectivity index (χ2n) is 11.2. The number of anilines is 1. The number of ether oxygens (including phenoxy) is 1. The molecule has 0 radical (unpaired) electrons. The summed E-state index contributed by atoms with van der Waals surface area (Å²) in [6, 6.07) is 22.4. The largest absolute Gasteiger partial charge is 0.507 e. The van der Waals surface area contributed by atoms with E-state index in [9.17, 15) is 14.7 Å². The number of hydrogen-bond acceptors (Lipinski definition) is 6. The van der Waals surface area contributed by atoms with Crippen LogP contribution in [0.3, 0.4) is 0 Å². The van der Waals surface area contributed by atoms with Crippen molar-refractivity contribution in [1.29, 1.82) is 0 Å². The number of nitrogens with zero attached hydrogens (tertiary/aromatic N) is 1. The normalized spacial score (nSPS) is 14.0. The fourth-order valence-corrected chi connectivity index (χ4v) is 5.67. The molecule has 0 aliphatic carbocycles. The molecule has 8 heteroatoms. The third-order valence-corrected chi connectivity index (χ3v) is 8.16. The number of phenolic OH excluding ortho intramolecular Hbond substituents is 1. The van der Waals surface area contributed by atoms with E-state index in [0.29, 0.717) is 5.02 Å². The Bertz CT molecular complexity index is 1300. The zero-order valence-corrected chi connectivity index (χ0v) is 25.7. The van der Waals surface area contributed by atoms with Gasteiger partial charge in [0, 0.05) is 23.7 Å². The van der Waals surface area contributed by atoms with Crippen LogP contribution in [0.2, 0.25) is 5.02 Å². The summed E-state index contributed by atoms with van der Waals surface area (Å²) in [6.45, 7) is 4.02.